The summed E-state index contributed by atoms with van der Waals surface area (Å²) in [5.74, 6) is 0.800. The summed E-state index contributed by atoms with van der Waals surface area (Å²) < 4.78 is 8.65. The van der Waals surface area contributed by atoms with Crippen LogP contribution in [0, 0.1) is 0 Å². The molecule has 0 spiro atoms. The Morgan fingerprint density at radius 1 is 1.44 bits per heavy atom. The molecule has 0 saturated carbocycles. The fraction of sp³-hybridized carbons (Fsp3) is 0.308. The van der Waals surface area contributed by atoms with Crippen LogP contribution in [0.5, 0.6) is 5.75 Å². The van der Waals surface area contributed by atoms with Crippen LogP contribution in [0.25, 0.3) is 5.69 Å². The topological polar surface area (TPSA) is 39.1 Å². The van der Waals surface area contributed by atoms with E-state index in [1.165, 1.54) is 6.42 Å². The van der Waals surface area contributed by atoms with E-state index < -0.39 is 0 Å². The van der Waals surface area contributed by atoms with E-state index in [4.69, 9.17) is 4.74 Å². The number of nitrogens with zero attached hydrogens (tertiary/aromatic N) is 2. The van der Waals surface area contributed by atoms with Crippen molar-refractivity contribution in [1.29, 1.82) is 0 Å². The lowest BCUT2D eigenvalue weighted by Crippen LogP contribution is -2.27. The summed E-state index contributed by atoms with van der Waals surface area (Å²) >= 11 is 3.45. The molecule has 1 aliphatic heterocycles. The maximum absolute atomic E-state index is 5.80. The van der Waals surface area contributed by atoms with Gasteiger partial charge in [0.2, 0.25) is 0 Å². The average molecular weight is 308 g/mol. The first kappa shape index (κ1) is 11.7. The predicted octanol–water partition coefficient (Wildman–Crippen LogP) is 2.72. The summed E-state index contributed by atoms with van der Waals surface area (Å²) in [5, 5.41) is 7.61. The Labute approximate surface area is 114 Å². The molecule has 0 amide bonds. The molecule has 4 nitrogen and oxygen atoms in total. The highest BCUT2D eigenvalue weighted by atomic mass is 79.9. The highest BCUT2D eigenvalue weighted by molar-refractivity contribution is 9.10. The summed E-state index contributed by atoms with van der Waals surface area (Å²) in [6, 6.07) is 8.01. The van der Waals surface area contributed by atoms with Crippen molar-refractivity contribution < 1.29 is 4.74 Å². The van der Waals surface area contributed by atoms with Crippen molar-refractivity contribution >= 4 is 15.9 Å². The lowest BCUT2D eigenvalue weighted by Gasteiger charge is -2.10. The molecule has 2 heterocycles. The fourth-order valence-electron chi connectivity index (χ4n) is 2.04. The Hall–Kier alpha value is -1.33. The van der Waals surface area contributed by atoms with Crippen LogP contribution in [0.2, 0.25) is 0 Å². The number of halogens is 1. The van der Waals surface area contributed by atoms with Crippen LogP contribution in [-0.2, 0) is 0 Å². The Kier molecular flexibility index (Phi) is 3.34. The number of hydrogen-bond donors (Lipinski definition) is 1. The van der Waals surface area contributed by atoms with Crippen LogP contribution in [0.3, 0.4) is 0 Å². The minimum absolute atomic E-state index is 0.130. The summed E-state index contributed by atoms with van der Waals surface area (Å²) in [7, 11) is 0. The van der Waals surface area contributed by atoms with Gasteiger partial charge in [-0.05, 0) is 37.6 Å². The van der Waals surface area contributed by atoms with Gasteiger partial charge >= 0.3 is 0 Å². The molecular formula is C13H14BrN3O. The minimum Gasteiger partial charge on any atom is -0.472 e. The molecule has 2 aromatic rings. The van der Waals surface area contributed by atoms with Gasteiger partial charge in [0.1, 0.15) is 6.23 Å². The predicted molar refractivity (Wildman–Crippen MR) is 72.9 cm³/mol. The monoisotopic (exact) mass is 307 g/mol. The molecule has 0 bridgehead atoms. The van der Waals surface area contributed by atoms with E-state index >= 15 is 0 Å². The zero-order chi connectivity index (χ0) is 12.4. The van der Waals surface area contributed by atoms with Gasteiger partial charge in [-0.25, -0.2) is 4.68 Å². The molecule has 1 fully saturated rings. The van der Waals surface area contributed by atoms with E-state index in [0.717, 1.165) is 28.9 Å². The maximum Gasteiger partial charge on any atom is 0.160 e. The first-order valence-corrected chi connectivity index (χ1v) is 6.81. The molecule has 1 atom stereocenters. The van der Waals surface area contributed by atoms with Gasteiger partial charge in [-0.15, -0.1) is 0 Å². The quantitative estimate of drug-likeness (QED) is 0.947. The Balaban J connectivity index is 1.76. The average Bonchev–Trinajstić information content (AvgIpc) is 3.01. The number of nitrogens with one attached hydrogen (secondary N) is 1. The van der Waals surface area contributed by atoms with Crippen LogP contribution in [0.1, 0.15) is 12.8 Å². The van der Waals surface area contributed by atoms with Gasteiger partial charge in [0.25, 0.3) is 0 Å². The normalized spacial score (nSPS) is 19.1. The molecule has 1 N–H and O–H groups in total. The molecule has 1 unspecified atom stereocenters. The number of hydrogen-bond acceptors (Lipinski definition) is 3. The van der Waals surface area contributed by atoms with E-state index in [1.807, 2.05) is 35.1 Å². The third-order valence-corrected chi connectivity index (χ3v) is 3.42. The van der Waals surface area contributed by atoms with E-state index in [9.17, 15) is 0 Å². The largest absolute Gasteiger partial charge is 0.472 e. The van der Waals surface area contributed by atoms with Gasteiger partial charge in [-0.3, -0.25) is 5.32 Å². The summed E-state index contributed by atoms with van der Waals surface area (Å²) in [5.41, 5.74) is 1.01. The van der Waals surface area contributed by atoms with E-state index in [1.54, 1.807) is 6.20 Å². The number of aromatic nitrogens is 2. The van der Waals surface area contributed by atoms with E-state index in [2.05, 4.69) is 26.3 Å². The molecule has 0 aliphatic carbocycles. The van der Waals surface area contributed by atoms with Crippen molar-refractivity contribution in [3.63, 3.8) is 0 Å². The molecule has 1 aliphatic rings. The second kappa shape index (κ2) is 5.12. The molecule has 3 rings (SSSR count). The summed E-state index contributed by atoms with van der Waals surface area (Å²) in [4.78, 5) is 0. The molecule has 1 aromatic heterocycles. The lowest BCUT2D eigenvalue weighted by molar-refractivity contribution is 0.187. The summed E-state index contributed by atoms with van der Waals surface area (Å²) in [6.45, 7) is 1.03. The van der Waals surface area contributed by atoms with Crippen molar-refractivity contribution in [2.24, 2.45) is 0 Å². The van der Waals surface area contributed by atoms with E-state index in [-0.39, 0.29) is 6.23 Å². The maximum atomic E-state index is 5.80. The van der Waals surface area contributed by atoms with Crippen molar-refractivity contribution in [2.75, 3.05) is 6.54 Å². The van der Waals surface area contributed by atoms with Gasteiger partial charge in [-0.2, -0.15) is 5.10 Å². The Morgan fingerprint density at radius 2 is 2.39 bits per heavy atom. The highest BCUT2D eigenvalue weighted by Crippen LogP contribution is 2.19. The molecule has 1 aromatic carbocycles. The standard InChI is InChI=1S/C13H14BrN3O/c14-10-3-1-4-11(7-10)17-9-12(8-16-17)18-13-5-2-6-15-13/h1,3-4,7-9,13,15H,2,5-6H2. The van der Waals surface area contributed by atoms with Crippen LogP contribution in [0.15, 0.2) is 41.1 Å². The molecular weight excluding hydrogens is 294 g/mol. The molecule has 94 valence electrons. The van der Waals surface area contributed by atoms with Crippen LogP contribution >= 0.6 is 15.9 Å². The van der Waals surface area contributed by atoms with Gasteiger partial charge in [0.15, 0.2) is 5.75 Å². The van der Waals surface area contributed by atoms with Crippen molar-refractivity contribution in [2.45, 2.75) is 19.1 Å². The third-order valence-electron chi connectivity index (χ3n) is 2.93. The molecule has 1 saturated heterocycles. The van der Waals surface area contributed by atoms with Crippen LogP contribution < -0.4 is 10.1 Å². The SMILES string of the molecule is Brc1cccc(-n2cc(OC3CCCN3)cn2)c1. The Morgan fingerprint density at radius 3 is 3.17 bits per heavy atom. The molecule has 0 radical (unpaired) electrons. The van der Waals surface area contributed by atoms with Crippen molar-refractivity contribution in [3.8, 4) is 11.4 Å². The molecule has 5 heteroatoms. The molecule has 18 heavy (non-hydrogen) atoms. The van der Waals surface area contributed by atoms with Gasteiger partial charge in [-0.1, -0.05) is 22.0 Å². The smallest absolute Gasteiger partial charge is 0.160 e. The van der Waals surface area contributed by atoms with Crippen molar-refractivity contribution in [1.82, 2.24) is 15.1 Å². The summed E-state index contributed by atoms with van der Waals surface area (Å²) in [6.07, 6.45) is 6.01. The Bertz CT molecular complexity index is 535. The van der Waals surface area contributed by atoms with Crippen molar-refractivity contribution in [3.05, 3.63) is 41.1 Å². The van der Waals surface area contributed by atoms with Gasteiger partial charge in [0.05, 0.1) is 18.1 Å². The first-order valence-electron chi connectivity index (χ1n) is 6.02. The van der Waals surface area contributed by atoms with E-state index in [0.29, 0.717) is 0 Å². The second-order valence-electron chi connectivity index (χ2n) is 4.30. The van der Waals surface area contributed by atoms with Crippen LogP contribution in [0.4, 0.5) is 0 Å². The highest BCUT2D eigenvalue weighted by Gasteiger charge is 2.16. The lowest BCUT2D eigenvalue weighted by atomic mass is 10.3. The zero-order valence-corrected chi connectivity index (χ0v) is 11.4. The fourth-order valence-corrected chi connectivity index (χ4v) is 2.43. The first-order chi connectivity index (χ1) is 8.81. The van der Waals surface area contributed by atoms with Crippen LogP contribution in [-0.4, -0.2) is 22.6 Å². The number of ether oxygens (including phenoxy) is 1. The zero-order valence-electron chi connectivity index (χ0n) is 9.84. The number of benzene rings is 1. The number of rotatable bonds is 3. The second-order valence-corrected chi connectivity index (χ2v) is 5.22. The third kappa shape index (κ3) is 2.57. The van der Waals surface area contributed by atoms with Gasteiger partial charge in [0, 0.05) is 4.47 Å². The van der Waals surface area contributed by atoms with Gasteiger partial charge < -0.3 is 4.74 Å². The minimum atomic E-state index is 0.130.